The highest BCUT2D eigenvalue weighted by Crippen LogP contribution is 2.57. The van der Waals surface area contributed by atoms with E-state index in [4.69, 9.17) is 27.9 Å². The number of hydrogen-bond acceptors (Lipinski definition) is 4. The van der Waals surface area contributed by atoms with Gasteiger partial charge in [-0.1, -0.05) is 46.7 Å². The first-order valence-corrected chi connectivity index (χ1v) is 7.36. The quantitative estimate of drug-likeness (QED) is 0.680. The van der Waals surface area contributed by atoms with Crippen molar-refractivity contribution in [3.63, 3.8) is 0 Å². The number of fused-ring (bicyclic) bond motifs is 2. The minimum atomic E-state index is -0.583. The summed E-state index contributed by atoms with van der Waals surface area (Å²) in [7, 11) is 0. The Morgan fingerprint density at radius 2 is 1.81 bits per heavy atom. The fourth-order valence-corrected chi connectivity index (χ4v) is 5.09. The van der Waals surface area contributed by atoms with Gasteiger partial charge in [0.05, 0.1) is 15.6 Å². The van der Waals surface area contributed by atoms with Crippen molar-refractivity contribution < 1.29 is 9.53 Å². The van der Waals surface area contributed by atoms with Gasteiger partial charge in [-0.15, -0.1) is 0 Å². The highest BCUT2D eigenvalue weighted by atomic mass is 35.5. The van der Waals surface area contributed by atoms with Crippen LogP contribution in [0.3, 0.4) is 0 Å². The number of hydrogen-bond donors (Lipinski definition) is 0. The molecule has 1 aromatic rings. The van der Waals surface area contributed by atoms with Gasteiger partial charge in [0.2, 0.25) is 4.27 Å². The molecule has 1 saturated heterocycles. The molecule has 0 aliphatic carbocycles. The van der Waals surface area contributed by atoms with Crippen molar-refractivity contribution in [2.45, 2.75) is 4.27 Å². The Balaban J connectivity index is 2.21. The van der Waals surface area contributed by atoms with Crippen LogP contribution in [-0.2, 0) is 9.00 Å². The molecule has 1 fully saturated rings. The molecule has 0 atom stereocenters. The second kappa shape index (κ2) is 3.73. The molecule has 0 saturated carbocycles. The molecule has 6 heteroatoms. The summed E-state index contributed by atoms with van der Waals surface area (Å²) in [6.07, 6.45) is 0. The zero-order valence-electron chi connectivity index (χ0n) is 7.96. The fourth-order valence-electron chi connectivity index (χ4n) is 1.81. The van der Waals surface area contributed by atoms with Gasteiger partial charge in [-0.3, -0.25) is 0 Å². The smallest absolute Gasteiger partial charge is 0.341 e. The van der Waals surface area contributed by atoms with Crippen molar-refractivity contribution in [1.29, 1.82) is 0 Å². The average Bonchev–Trinajstić information content (AvgIpc) is 2.79. The van der Waals surface area contributed by atoms with Gasteiger partial charge in [-0.25, -0.2) is 4.79 Å². The summed E-state index contributed by atoms with van der Waals surface area (Å²) in [4.78, 5) is 11.7. The van der Waals surface area contributed by atoms with Crippen molar-refractivity contribution in [1.82, 2.24) is 0 Å². The first-order chi connectivity index (χ1) is 7.62. The summed E-state index contributed by atoms with van der Waals surface area (Å²) in [5.41, 5.74) is 1.38. The van der Waals surface area contributed by atoms with E-state index in [2.05, 4.69) is 0 Å². The Kier molecular flexibility index (Phi) is 2.59. The number of ether oxygens (including phenoxy) is 1. The largest absolute Gasteiger partial charge is 0.430 e. The predicted octanol–water partition coefficient (Wildman–Crippen LogP) is 3.75. The molecule has 2 aliphatic heterocycles. The van der Waals surface area contributed by atoms with E-state index >= 15 is 0 Å². The maximum Gasteiger partial charge on any atom is 0.341 e. The molecule has 0 N–H and O–H groups in total. The zero-order chi connectivity index (χ0) is 11.3. The average molecular weight is 293 g/mol. The van der Waals surface area contributed by atoms with Crippen LogP contribution < -0.4 is 0 Å². The van der Waals surface area contributed by atoms with Crippen molar-refractivity contribution in [2.24, 2.45) is 0 Å². The number of thioether (sulfide) groups is 2. The number of carbonyl (C=O) groups excluding carboxylic acids is 1. The van der Waals surface area contributed by atoms with E-state index < -0.39 is 4.27 Å². The number of carbonyl (C=O) groups is 1. The number of esters is 1. The minimum Gasteiger partial charge on any atom is -0.430 e. The fraction of sp³-hybridized carbons (Fsp3) is 0.300. The van der Waals surface area contributed by atoms with E-state index in [9.17, 15) is 4.79 Å². The van der Waals surface area contributed by atoms with Crippen LogP contribution in [-0.4, -0.2) is 17.5 Å². The first kappa shape index (κ1) is 11.1. The van der Waals surface area contributed by atoms with E-state index in [1.54, 1.807) is 35.7 Å². The molecule has 0 unspecified atom stereocenters. The Bertz CT molecular complexity index is 484. The lowest BCUT2D eigenvalue weighted by Gasteiger charge is -2.20. The lowest BCUT2D eigenvalue weighted by atomic mass is 10.1. The molecular formula is C10H6Cl2O2S2. The predicted molar refractivity (Wildman–Crippen MR) is 68.5 cm³/mol. The van der Waals surface area contributed by atoms with Gasteiger partial charge in [-0.05, 0) is 12.1 Å². The molecule has 1 spiro atoms. The van der Waals surface area contributed by atoms with E-state index in [1.807, 2.05) is 0 Å². The molecule has 2 heterocycles. The van der Waals surface area contributed by atoms with Crippen LogP contribution in [0, 0.1) is 0 Å². The molecule has 2 aliphatic rings. The van der Waals surface area contributed by atoms with Crippen molar-refractivity contribution >= 4 is 52.7 Å². The van der Waals surface area contributed by atoms with Crippen LogP contribution in [0.1, 0.15) is 15.9 Å². The summed E-state index contributed by atoms with van der Waals surface area (Å²) in [5.74, 6) is 1.63. The van der Waals surface area contributed by atoms with Gasteiger partial charge in [-0.2, -0.15) is 0 Å². The molecule has 1 aromatic carbocycles. The first-order valence-electron chi connectivity index (χ1n) is 4.63. The topological polar surface area (TPSA) is 26.3 Å². The number of rotatable bonds is 0. The SMILES string of the molecule is O=C1OC2(SCCS2)c2cc(Cl)c(Cl)cc21. The molecular weight excluding hydrogens is 287 g/mol. The normalized spacial score (nSPS) is 21.2. The van der Waals surface area contributed by atoms with Crippen LogP contribution in [0.2, 0.25) is 10.0 Å². The molecule has 0 bridgehead atoms. The van der Waals surface area contributed by atoms with Gasteiger partial charge >= 0.3 is 5.97 Å². The highest BCUT2D eigenvalue weighted by Gasteiger charge is 2.49. The van der Waals surface area contributed by atoms with Gasteiger partial charge in [0.25, 0.3) is 0 Å². The Labute approximate surface area is 111 Å². The zero-order valence-corrected chi connectivity index (χ0v) is 11.1. The summed E-state index contributed by atoms with van der Waals surface area (Å²) >= 11 is 15.1. The van der Waals surface area contributed by atoms with Gasteiger partial charge in [0.15, 0.2) is 0 Å². The lowest BCUT2D eigenvalue weighted by Crippen LogP contribution is -2.13. The van der Waals surface area contributed by atoms with E-state index in [-0.39, 0.29) is 5.97 Å². The van der Waals surface area contributed by atoms with E-state index in [0.717, 1.165) is 17.1 Å². The maximum absolute atomic E-state index is 11.7. The summed E-state index contributed by atoms with van der Waals surface area (Å²) in [5, 5.41) is 0.855. The van der Waals surface area contributed by atoms with E-state index in [0.29, 0.717) is 15.6 Å². The van der Waals surface area contributed by atoms with E-state index in [1.165, 1.54) is 0 Å². The van der Waals surface area contributed by atoms with Crippen LogP contribution >= 0.6 is 46.7 Å². The van der Waals surface area contributed by atoms with Crippen LogP contribution in [0.4, 0.5) is 0 Å². The monoisotopic (exact) mass is 292 g/mol. The molecule has 84 valence electrons. The third kappa shape index (κ3) is 1.47. The van der Waals surface area contributed by atoms with Crippen LogP contribution in [0.25, 0.3) is 0 Å². The molecule has 3 rings (SSSR count). The lowest BCUT2D eigenvalue weighted by molar-refractivity contribution is 0.0475. The third-order valence-corrected chi connectivity index (χ3v) is 6.38. The molecule has 16 heavy (non-hydrogen) atoms. The van der Waals surface area contributed by atoms with Crippen molar-refractivity contribution in [3.8, 4) is 0 Å². The Morgan fingerprint density at radius 3 is 2.50 bits per heavy atom. The maximum atomic E-state index is 11.7. The highest BCUT2D eigenvalue weighted by molar-refractivity contribution is 8.20. The Morgan fingerprint density at radius 1 is 1.19 bits per heavy atom. The summed E-state index contributed by atoms with van der Waals surface area (Å²) in [6.45, 7) is 0. The van der Waals surface area contributed by atoms with Crippen LogP contribution in [0.15, 0.2) is 12.1 Å². The van der Waals surface area contributed by atoms with Gasteiger partial charge in [0.1, 0.15) is 0 Å². The standard InChI is InChI=1S/C10H6Cl2O2S2/c11-7-3-5-6(4-8(7)12)10(14-9(5)13)15-1-2-16-10/h3-4H,1-2H2. The summed E-state index contributed by atoms with van der Waals surface area (Å²) < 4.78 is 4.88. The molecule has 0 aromatic heterocycles. The third-order valence-electron chi connectivity index (χ3n) is 2.50. The minimum absolute atomic E-state index is 0.310. The molecule has 0 amide bonds. The van der Waals surface area contributed by atoms with Crippen molar-refractivity contribution in [2.75, 3.05) is 11.5 Å². The van der Waals surface area contributed by atoms with Crippen molar-refractivity contribution in [3.05, 3.63) is 33.3 Å². The Hall–Kier alpha value is -0.0300. The molecule has 2 nitrogen and oxygen atoms in total. The van der Waals surface area contributed by atoms with Gasteiger partial charge < -0.3 is 4.74 Å². The number of benzene rings is 1. The summed E-state index contributed by atoms with van der Waals surface area (Å²) in [6, 6.07) is 3.34. The molecule has 0 radical (unpaired) electrons. The second-order valence-electron chi connectivity index (χ2n) is 3.45. The van der Waals surface area contributed by atoms with Crippen LogP contribution in [0.5, 0.6) is 0 Å². The second-order valence-corrected chi connectivity index (χ2v) is 7.07. The number of halogens is 2. The van der Waals surface area contributed by atoms with Gasteiger partial charge in [0, 0.05) is 17.1 Å².